The highest BCUT2D eigenvalue weighted by atomic mass is 32.1. The number of fused-ring (bicyclic) bond motifs is 1. The topological polar surface area (TPSA) is 79.3 Å². The first-order chi connectivity index (χ1) is 9.41. The van der Waals surface area contributed by atoms with Gasteiger partial charge < -0.3 is 10.4 Å². The van der Waals surface area contributed by atoms with Gasteiger partial charge in [0.05, 0.1) is 17.5 Å². The van der Waals surface area contributed by atoms with Gasteiger partial charge >= 0.3 is 5.97 Å². The molecule has 1 fully saturated rings. The number of carboxylic acids is 1. The lowest BCUT2D eigenvalue weighted by molar-refractivity contribution is -0.140. The lowest BCUT2D eigenvalue weighted by atomic mass is 10.0. The zero-order valence-electron chi connectivity index (χ0n) is 11.6. The molecule has 1 aromatic rings. The van der Waals surface area contributed by atoms with E-state index in [9.17, 15) is 9.59 Å². The summed E-state index contributed by atoms with van der Waals surface area (Å²) in [5.41, 5.74) is 0.633. The third-order valence-electron chi connectivity index (χ3n) is 4.45. The van der Waals surface area contributed by atoms with Gasteiger partial charge in [0.15, 0.2) is 5.13 Å². The summed E-state index contributed by atoms with van der Waals surface area (Å²) in [6, 6.07) is 0. The molecular weight excluding hydrogens is 276 g/mol. The predicted molar refractivity (Wildman–Crippen MR) is 75.8 cm³/mol. The zero-order valence-corrected chi connectivity index (χ0v) is 12.4. The van der Waals surface area contributed by atoms with Crippen LogP contribution in [0.4, 0.5) is 5.13 Å². The van der Waals surface area contributed by atoms with Crippen LogP contribution in [-0.4, -0.2) is 22.0 Å². The Kier molecular flexibility index (Phi) is 3.08. The number of anilines is 1. The SMILES string of the molecule is CC1(C)[C@H](C(=O)O)[C@@H]1C(=O)Nc1nc2c(s1)CCCC2. The first-order valence-corrected chi connectivity index (χ1v) is 7.75. The summed E-state index contributed by atoms with van der Waals surface area (Å²) in [7, 11) is 0. The van der Waals surface area contributed by atoms with E-state index in [4.69, 9.17) is 5.11 Å². The Bertz CT molecular complexity index is 555. The number of aryl methyl sites for hydroxylation is 2. The van der Waals surface area contributed by atoms with Gasteiger partial charge in [-0.25, -0.2) is 4.98 Å². The maximum absolute atomic E-state index is 12.2. The van der Waals surface area contributed by atoms with Gasteiger partial charge in [-0.15, -0.1) is 11.3 Å². The highest BCUT2D eigenvalue weighted by Gasteiger charge is 2.66. The van der Waals surface area contributed by atoms with Gasteiger partial charge in [-0.1, -0.05) is 13.8 Å². The van der Waals surface area contributed by atoms with Crippen molar-refractivity contribution in [3.05, 3.63) is 10.6 Å². The molecule has 2 atom stereocenters. The van der Waals surface area contributed by atoms with Crippen LogP contribution in [0.2, 0.25) is 0 Å². The summed E-state index contributed by atoms with van der Waals surface area (Å²) in [6.07, 6.45) is 4.35. The molecule has 1 saturated carbocycles. The number of nitrogens with zero attached hydrogens (tertiary/aromatic N) is 1. The second-order valence-corrected chi connectivity index (χ2v) is 7.28. The minimum Gasteiger partial charge on any atom is -0.481 e. The number of carbonyl (C=O) groups excluding carboxylic acids is 1. The molecule has 20 heavy (non-hydrogen) atoms. The quantitative estimate of drug-likeness (QED) is 0.896. The number of nitrogens with one attached hydrogen (secondary N) is 1. The number of hydrogen-bond acceptors (Lipinski definition) is 4. The monoisotopic (exact) mass is 294 g/mol. The van der Waals surface area contributed by atoms with Crippen molar-refractivity contribution in [2.75, 3.05) is 5.32 Å². The molecule has 5 nitrogen and oxygen atoms in total. The maximum atomic E-state index is 12.2. The van der Waals surface area contributed by atoms with Gasteiger partial charge in [0.25, 0.3) is 0 Å². The summed E-state index contributed by atoms with van der Waals surface area (Å²) in [5.74, 6) is -2.15. The van der Waals surface area contributed by atoms with E-state index < -0.39 is 23.2 Å². The molecule has 2 aliphatic carbocycles. The van der Waals surface area contributed by atoms with Gasteiger partial charge in [-0.05, 0) is 31.1 Å². The Morgan fingerprint density at radius 1 is 1.30 bits per heavy atom. The molecule has 0 spiro atoms. The van der Waals surface area contributed by atoms with E-state index in [1.165, 1.54) is 22.6 Å². The molecule has 2 aliphatic rings. The maximum Gasteiger partial charge on any atom is 0.307 e. The van der Waals surface area contributed by atoms with Crippen molar-refractivity contribution in [2.24, 2.45) is 17.3 Å². The molecule has 0 aliphatic heterocycles. The van der Waals surface area contributed by atoms with E-state index in [1.807, 2.05) is 13.8 Å². The first-order valence-electron chi connectivity index (χ1n) is 6.93. The lowest BCUT2D eigenvalue weighted by Gasteiger charge is -2.06. The van der Waals surface area contributed by atoms with Crippen molar-refractivity contribution in [2.45, 2.75) is 39.5 Å². The summed E-state index contributed by atoms with van der Waals surface area (Å²) in [6.45, 7) is 3.64. The highest BCUT2D eigenvalue weighted by molar-refractivity contribution is 7.15. The van der Waals surface area contributed by atoms with Crippen molar-refractivity contribution in [3.8, 4) is 0 Å². The Labute approximate surface area is 121 Å². The van der Waals surface area contributed by atoms with Crippen molar-refractivity contribution < 1.29 is 14.7 Å². The molecule has 108 valence electrons. The van der Waals surface area contributed by atoms with Crippen molar-refractivity contribution >= 4 is 28.3 Å². The number of rotatable bonds is 3. The summed E-state index contributed by atoms with van der Waals surface area (Å²) < 4.78 is 0. The molecule has 0 radical (unpaired) electrons. The van der Waals surface area contributed by atoms with Crippen LogP contribution in [-0.2, 0) is 22.4 Å². The number of hydrogen-bond donors (Lipinski definition) is 2. The van der Waals surface area contributed by atoms with Crippen LogP contribution in [0.25, 0.3) is 0 Å². The summed E-state index contributed by atoms with van der Waals surface area (Å²) in [5, 5.41) is 12.5. The Hall–Kier alpha value is -1.43. The molecule has 0 unspecified atom stereocenters. The van der Waals surface area contributed by atoms with E-state index in [0.717, 1.165) is 25.0 Å². The van der Waals surface area contributed by atoms with E-state index in [2.05, 4.69) is 10.3 Å². The molecule has 2 N–H and O–H groups in total. The third-order valence-corrected chi connectivity index (χ3v) is 5.52. The Morgan fingerprint density at radius 3 is 2.60 bits per heavy atom. The van der Waals surface area contributed by atoms with Crippen LogP contribution in [0.5, 0.6) is 0 Å². The smallest absolute Gasteiger partial charge is 0.307 e. The largest absolute Gasteiger partial charge is 0.481 e. The molecule has 1 amide bonds. The zero-order chi connectivity index (χ0) is 14.5. The van der Waals surface area contributed by atoms with Crippen LogP contribution in [0, 0.1) is 17.3 Å². The van der Waals surface area contributed by atoms with Gasteiger partial charge in [0, 0.05) is 4.88 Å². The third kappa shape index (κ3) is 2.12. The molecular formula is C14H18N2O3S. The van der Waals surface area contributed by atoms with Gasteiger partial charge in [-0.2, -0.15) is 0 Å². The molecule has 0 aromatic carbocycles. The summed E-state index contributed by atoms with van der Waals surface area (Å²) >= 11 is 1.53. The number of aliphatic carboxylic acids is 1. The van der Waals surface area contributed by atoms with E-state index in [1.54, 1.807) is 0 Å². The average molecular weight is 294 g/mol. The van der Waals surface area contributed by atoms with Crippen LogP contribution in [0.15, 0.2) is 0 Å². The predicted octanol–water partition coefficient (Wildman–Crippen LogP) is 2.32. The van der Waals surface area contributed by atoms with Crippen LogP contribution < -0.4 is 5.32 Å². The van der Waals surface area contributed by atoms with Crippen molar-refractivity contribution in [1.29, 1.82) is 0 Å². The number of carboxylic acid groups (broad SMARTS) is 1. The van der Waals surface area contributed by atoms with Crippen LogP contribution in [0.3, 0.4) is 0 Å². The molecule has 1 heterocycles. The fraction of sp³-hybridized carbons (Fsp3) is 0.643. The normalized spacial score (nSPS) is 26.7. The van der Waals surface area contributed by atoms with E-state index in [-0.39, 0.29) is 5.91 Å². The number of thiazole rings is 1. The first kappa shape index (κ1) is 13.5. The fourth-order valence-corrected chi connectivity index (χ4v) is 4.23. The van der Waals surface area contributed by atoms with Gasteiger partial charge in [0.2, 0.25) is 5.91 Å². The highest BCUT2D eigenvalue weighted by Crippen LogP contribution is 2.58. The van der Waals surface area contributed by atoms with Crippen LogP contribution >= 0.6 is 11.3 Å². The number of carbonyl (C=O) groups is 2. The Balaban J connectivity index is 1.71. The minimum absolute atomic E-state index is 0.214. The molecule has 0 bridgehead atoms. The lowest BCUT2D eigenvalue weighted by Crippen LogP contribution is -2.17. The van der Waals surface area contributed by atoms with Crippen LogP contribution in [0.1, 0.15) is 37.3 Å². The van der Waals surface area contributed by atoms with Gasteiger partial charge in [-0.3, -0.25) is 9.59 Å². The van der Waals surface area contributed by atoms with Gasteiger partial charge in [0.1, 0.15) is 0 Å². The average Bonchev–Trinajstić information content (AvgIpc) is 2.76. The second-order valence-electron chi connectivity index (χ2n) is 6.20. The molecule has 0 saturated heterocycles. The van der Waals surface area contributed by atoms with E-state index in [0.29, 0.717) is 5.13 Å². The standard InChI is InChI=1S/C14H18N2O3S/c1-14(2)9(10(14)12(18)19)11(17)16-13-15-7-5-3-4-6-8(7)20-13/h9-10H,3-6H2,1-2H3,(H,18,19)(H,15,16,17)/t9-,10+/m1/s1. The second kappa shape index (κ2) is 4.55. The minimum atomic E-state index is -0.895. The van der Waals surface area contributed by atoms with E-state index >= 15 is 0 Å². The number of aromatic nitrogens is 1. The van der Waals surface area contributed by atoms with Crippen molar-refractivity contribution in [3.63, 3.8) is 0 Å². The number of amides is 1. The van der Waals surface area contributed by atoms with Crippen molar-refractivity contribution in [1.82, 2.24) is 4.98 Å². The molecule has 1 aromatic heterocycles. The fourth-order valence-electron chi connectivity index (χ4n) is 3.18. The summed E-state index contributed by atoms with van der Waals surface area (Å²) in [4.78, 5) is 29.0. The Morgan fingerprint density at radius 2 is 2.00 bits per heavy atom. The molecule has 6 heteroatoms. The molecule has 3 rings (SSSR count).